The Bertz CT molecular complexity index is 897. The molecule has 1 aliphatic heterocycles. The molecule has 7 nitrogen and oxygen atoms in total. The van der Waals surface area contributed by atoms with E-state index in [0.717, 1.165) is 35.7 Å². The molecule has 1 amide bonds. The molecule has 0 unspecified atom stereocenters. The number of hydrogen-bond donors (Lipinski definition) is 1. The standard InChI is InChI=1S/C18H20N6O/c1-12-10-23(2)17(20-12)14-5-7-24(11-14)18(25)16-8-15(21-22-16)13-4-3-6-19-9-13/h3-4,6,8-10,14H,5,7,11H2,1-2H3,(H,21,22)/t14-/m0/s1. The van der Waals surface area contributed by atoms with Gasteiger partial charge in [0.05, 0.1) is 11.4 Å². The Morgan fingerprint density at radius 3 is 3.00 bits per heavy atom. The fraction of sp³-hybridized carbons (Fsp3) is 0.333. The van der Waals surface area contributed by atoms with Crippen LogP contribution in [0.15, 0.2) is 36.8 Å². The highest BCUT2D eigenvalue weighted by atomic mass is 16.2. The second-order valence-electron chi connectivity index (χ2n) is 6.50. The van der Waals surface area contributed by atoms with Crippen molar-refractivity contribution in [2.45, 2.75) is 19.3 Å². The van der Waals surface area contributed by atoms with Crippen LogP contribution in [-0.4, -0.2) is 48.6 Å². The predicted octanol–water partition coefficient (Wildman–Crippen LogP) is 2.14. The maximum absolute atomic E-state index is 12.8. The van der Waals surface area contributed by atoms with Crippen molar-refractivity contribution in [2.24, 2.45) is 7.05 Å². The highest BCUT2D eigenvalue weighted by molar-refractivity contribution is 5.93. The van der Waals surface area contributed by atoms with Gasteiger partial charge in [-0.3, -0.25) is 14.9 Å². The lowest BCUT2D eigenvalue weighted by Gasteiger charge is -2.15. The van der Waals surface area contributed by atoms with E-state index in [-0.39, 0.29) is 11.8 Å². The Morgan fingerprint density at radius 2 is 2.28 bits per heavy atom. The van der Waals surface area contributed by atoms with Gasteiger partial charge in [0.1, 0.15) is 11.5 Å². The van der Waals surface area contributed by atoms with Crippen molar-refractivity contribution in [3.05, 3.63) is 54.0 Å². The highest BCUT2D eigenvalue weighted by Crippen LogP contribution is 2.27. The number of rotatable bonds is 3. The molecule has 7 heteroatoms. The van der Waals surface area contributed by atoms with Gasteiger partial charge in [-0.25, -0.2) is 4.98 Å². The topological polar surface area (TPSA) is 79.7 Å². The van der Waals surface area contributed by atoms with Gasteiger partial charge >= 0.3 is 0 Å². The molecule has 0 spiro atoms. The van der Waals surface area contributed by atoms with Crippen molar-refractivity contribution in [1.82, 2.24) is 29.6 Å². The second kappa shape index (κ2) is 6.16. The monoisotopic (exact) mass is 336 g/mol. The van der Waals surface area contributed by atoms with Gasteiger partial charge in [0.25, 0.3) is 5.91 Å². The number of H-pyrrole nitrogens is 1. The van der Waals surface area contributed by atoms with Gasteiger partial charge < -0.3 is 9.47 Å². The first kappa shape index (κ1) is 15.6. The smallest absolute Gasteiger partial charge is 0.271 e. The van der Waals surface area contributed by atoms with Gasteiger partial charge in [0.2, 0.25) is 0 Å². The van der Waals surface area contributed by atoms with Crippen molar-refractivity contribution in [1.29, 1.82) is 0 Å². The summed E-state index contributed by atoms with van der Waals surface area (Å²) in [4.78, 5) is 23.3. The third-order valence-corrected chi connectivity index (χ3v) is 4.64. The third-order valence-electron chi connectivity index (χ3n) is 4.64. The van der Waals surface area contributed by atoms with Gasteiger partial charge in [0, 0.05) is 50.2 Å². The Morgan fingerprint density at radius 1 is 1.40 bits per heavy atom. The molecular formula is C18H20N6O. The molecule has 1 fully saturated rings. The van der Waals surface area contributed by atoms with Crippen LogP contribution in [0.2, 0.25) is 0 Å². The van der Waals surface area contributed by atoms with E-state index in [0.29, 0.717) is 12.2 Å². The van der Waals surface area contributed by atoms with Crippen molar-refractivity contribution in [3.63, 3.8) is 0 Å². The summed E-state index contributed by atoms with van der Waals surface area (Å²) >= 11 is 0. The number of likely N-dealkylation sites (tertiary alicyclic amines) is 1. The van der Waals surface area contributed by atoms with Gasteiger partial charge in [-0.2, -0.15) is 5.10 Å². The van der Waals surface area contributed by atoms with Gasteiger partial charge in [-0.15, -0.1) is 0 Å². The number of aromatic nitrogens is 5. The van der Waals surface area contributed by atoms with Crippen molar-refractivity contribution in [2.75, 3.05) is 13.1 Å². The minimum absolute atomic E-state index is 0.0175. The zero-order valence-electron chi connectivity index (χ0n) is 14.3. The lowest BCUT2D eigenvalue weighted by molar-refractivity contribution is 0.0784. The molecule has 0 aliphatic carbocycles. The first-order valence-electron chi connectivity index (χ1n) is 8.37. The summed E-state index contributed by atoms with van der Waals surface area (Å²) in [6.45, 7) is 3.41. The van der Waals surface area contributed by atoms with Crippen LogP contribution in [0, 0.1) is 6.92 Å². The molecule has 3 aromatic rings. The quantitative estimate of drug-likeness (QED) is 0.795. The van der Waals surface area contributed by atoms with Crippen molar-refractivity contribution < 1.29 is 4.79 Å². The summed E-state index contributed by atoms with van der Waals surface area (Å²) in [6, 6.07) is 5.57. The Labute approximate surface area is 145 Å². The van der Waals surface area contributed by atoms with E-state index < -0.39 is 0 Å². The SMILES string of the molecule is Cc1cn(C)c([C@H]2CCN(C(=O)c3cc(-c4cccnc4)n[nH]3)C2)n1. The van der Waals surface area contributed by atoms with Crippen LogP contribution >= 0.6 is 0 Å². The summed E-state index contributed by atoms with van der Waals surface area (Å²) in [6.07, 6.45) is 6.40. The van der Waals surface area contributed by atoms with Gasteiger partial charge in [-0.05, 0) is 31.5 Å². The molecule has 1 atom stereocenters. The maximum atomic E-state index is 12.8. The van der Waals surface area contributed by atoms with E-state index in [4.69, 9.17) is 0 Å². The van der Waals surface area contributed by atoms with E-state index >= 15 is 0 Å². The van der Waals surface area contributed by atoms with Crippen LogP contribution in [0.3, 0.4) is 0 Å². The average Bonchev–Trinajstić information content (AvgIpc) is 3.34. The number of carbonyl (C=O) groups excluding carboxylic acids is 1. The van der Waals surface area contributed by atoms with Crippen molar-refractivity contribution >= 4 is 5.91 Å². The van der Waals surface area contributed by atoms with E-state index in [9.17, 15) is 4.79 Å². The molecule has 4 heterocycles. The number of aromatic amines is 1. The number of carbonyl (C=O) groups is 1. The van der Waals surface area contributed by atoms with Gasteiger partial charge in [-0.1, -0.05) is 0 Å². The zero-order valence-corrected chi connectivity index (χ0v) is 14.3. The lowest BCUT2D eigenvalue weighted by atomic mass is 10.1. The third kappa shape index (κ3) is 2.93. The van der Waals surface area contributed by atoms with E-state index in [1.165, 1.54) is 0 Å². The molecule has 0 bridgehead atoms. The molecule has 0 saturated carbocycles. The molecule has 1 aliphatic rings. The molecular weight excluding hydrogens is 316 g/mol. The number of imidazole rings is 1. The number of pyridine rings is 1. The van der Waals surface area contributed by atoms with Crippen LogP contribution in [0.5, 0.6) is 0 Å². The molecule has 25 heavy (non-hydrogen) atoms. The highest BCUT2D eigenvalue weighted by Gasteiger charge is 2.31. The number of nitrogens with one attached hydrogen (secondary N) is 1. The summed E-state index contributed by atoms with van der Waals surface area (Å²) in [5.41, 5.74) is 3.14. The zero-order chi connectivity index (χ0) is 17.4. The summed E-state index contributed by atoms with van der Waals surface area (Å²) in [7, 11) is 2.01. The minimum atomic E-state index is -0.0175. The predicted molar refractivity (Wildman–Crippen MR) is 93.0 cm³/mol. The van der Waals surface area contributed by atoms with Crippen LogP contribution < -0.4 is 0 Å². The first-order valence-corrected chi connectivity index (χ1v) is 8.37. The lowest BCUT2D eigenvalue weighted by Crippen LogP contribution is -2.29. The summed E-state index contributed by atoms with van der Waals surface area (Å²) in [5, 5.41) is 7.11. The average molecular weight is 336 g/mol. The van der Waals surface area contributed by atoms with E-state index in [2.05, 4.69) is 24.7 Å². The Kier molecular flexibility index (Phi) is 3.83. The molecule has 1 saturated heterocycles. The Balaban J connectivity index is 1.49. The summed E-state index contributed by atoms with van der Waals surface area (Å²) < 4.78 is 2.06. The number of aryl methyl sites for hydroxylation is 2. The molecule has 0 aromatic carbocycles. The minimum Gasteiger partial charge on any atom is -0.337 e. The van der Waals surface area contributed by atoms with Crippen LogP contribution in [0.25, 0.3) is 11.3 Å². The fourth-order valence-electron chi connectivity index (χ4n) is 3.43. The van der Waals surface area contributed by atoms with E-state index in [1.807, 2.05) is 37.2 Å². The van der Waals surface area contributed by atoms with Gasteiger partial charge in [0.15, 0.2) is 0 Å². The Hall–Kier alpha value is -2.96. The number of hydrogen-bond acceptors (Lipinski definition) is 4. The van der Waals surface area contributed by atoms with Crippen molar-refractivity contribution in [3.8, 4) is 11.3 Å². The number of nitrogens with zero attached hydrogens (tertiary/aromatic N) is 5. The second-order valence-corrected chi connectivity index (χ2v) is 6.50. The molecule has 1 N–H and O–H groups in total. The molecule has 4 rings (SSSR count). The normalized spacial score (nSPS) is 17.2. The van der Waals surface area contributed by atoms with Crippen LogP contribution in [0.4, 0.5) is 0 Å². The van der Waals surface area contributed by atoms with E-state index in [1.54, 1.807) is 18.5 Å². The van der Waals surface area contributed by atoms with Crippen LogP contribution in [0.1, 0.15) is 34.3 Å². The molecule has 128 valence electrons. The number of amides is 1. The molecule has 3 aromatic heterocycles. The summed E-state index contributed by atoms with van der Waals surface area (Å²) in [5.74, 6) is 1.31. The molecule has 0 radical (unpaired) electrons. The first-order chi connectivity index (χ1) is 12.1. The van der Waals surface area contributed by atoms with Crippen LogP contribution in [-0.2, 0) is 7.05 Å². The maximum Gasteiger partial charge on any atom is 0.271 e. The largest absolute Gasteiger partial charge is 0.337 e. The fourth-order valence-corrected chi connectivity index (χ4v) is 3.43.